The summed E-state index contributed by atoms with van der Waals surface area (Å²) in [7, 11) is 3.46. The average molecular weight is 292 g/mol. The maximum Gasteiger partial charge on any atom is 0.236 e. The second-order valence-electron chi connectivity index (χ2n) is 5.33. The molecule has 0 radical (unpaired) electrons. The Bertz CT molecular complexity index is 459. The van der Waals surface area contributed by atoms with Crippen LogP contribution in [0.25, 0.3) is 0 Å². The highest BCUT2D eigenvalue weighted by Gasteiger charge is 2.17. The van der Waals surface area contributed by atoms with Crippen molar-refractivity contribution < 1.29 is 14.3 Å². The first-order valence-corrected chi connectivity index (χ1v) is 7.42. The average Bonchev–Trinajstić information content (AvgIpc) is 3.00. The van der Waals surface area contributed by atoms with Gasteiger partial charge in [-0.2, -0.15) is 0 Å². The summed E-state index contributed by atoms with van der Waals surface area (Å²) in [6.07, 6.45) is 2.41. The third kappa shape index (κ3) is 4.93. The summed E-state index contributed by atoms with van der Waals surface area (Å²) in [6.45, 7) is 3.68. The number of ether oxygens (including phenoxy) is 2. The van der Waals surface area contributed by atoms with E-state index in [2.05, 4.69) is 4.90 Å². The highest BCUT2D eigenvalue weighted by atomic mass is 16.5. The molecule has 1 amide bonds. The van der Waals surface area contributed by atoms with Gasteiger partial charge in [-0.15, -0.1) is 0 Å². The first-order valence-electron chi connectivity index (χ1n) is 7.42. The summed E-state index contributed by atoms with van der Waals surface area (Å²) in [6, 6.07) is 7.48. The molecule has 0 atom stereocenters. The number of carbonyl (C=O) groups is 1. The van der Waals surface area contributed by atoms with E-state index in [9.17, 15) is 4.79 Å². The number of amides is 1. The normalized spacial score (nSPS) is 15.0. The van der Waals surface area contributed by atoms with Crippen LogP contribution in [0.2, 0.25) is 0 Å². The minimum Gasteiger partial charge on any atom is -0.497 e. The molecule has 5 nitrogen and oxygen atoms in total. The number of hydrogen-bond donors (Lipinski definition) is 0. The zero-order chi connectivity index (χ0) is 15.1. The van der Waals surface area contributed by atoms with Crippen LogP contribution in [0.15, 0.2) is 24.3 Å². The SMILES string of the molecule is COc1cccc(OCCN(C)C(=O)CN2CCCC2)c1. The fourth-order valence-electron chi connectivity index (χ4n) is 2.37. The Hall–Kier alpha value is -1.75. The lowest BCUT2D eigenvalue weighted by Gasteiger charge is -2.21. The Balaban J connectivity index is 1.70. The van der Waals surface area contributed by atoms with Crippen LogP contribution in [0.5, 0.6) is 11.5 Å². The van der Waals surface area contributed by atoms with Crippen LogP contribution in [-0.2, 0) is 4.79 Å². The van der Waals surface area contributed by atoms with E-state index >= 15 is 0 Å². The lowest BCUT2D eigenvalue weighted by molar-refractivity contribution is -0.131. The number of benzene rings is 1. The van der Waals surface area contributed by atoms with E-state index in [-0.39, 0.29) is 5.91 Å². The van der Waals surface area contributed by atoms with E-state index < -0.39 is 0 Å². The largest absolute Gasteiger partial charge is 0.497 e. The van der Waals surface area contributed by atoms with Crippen LogP contribution in [-0.4, -0.2) is 62.7 Å². The fourth-order valence-corrected chi connectivity index (χ4v) is 2.37. The zero-order valence-electron chi connectivity index (χ0n) is 12.9. The smallest absolute Gasteiger partial charge is 0.236 e. The van der Waals surface area contributed by atoms with Gasteiger partial charge in [0.1, 0.15) is 18.1 Å². The van der Waals surface area contributed by atoms with Crippen LogP contribution in [0.4, 0.5) is 0 Å². The number of likely N-dealkylation sites (tertiary alicyclic amines) is 1. The topological polar surface area (TPSA) is 42.0 Å². The van der Waals surface area contributed by atoms with Gasteiger partial charge in [-0.25, -0.2) is 0 Å². The molecule has 0 saturated carbocycles. The summed E-state index contributed by atoms with van der Waals surface area (Å²) in [5.41, 5.74) is 0. The van der Waals surface area contributed by atoms with Crippen LogP contribution in [0, 0.1) is 0 Å². The van der Waals surface area contributed by atoms with Crippen molar-refractivity contribution in [3.63, 3.8) is 0 Å². The molecule has 1 heterocycles. The molecule has 0 spiro atoms. The van der Waals surface area contributed by atoms with E-state index in [1.807, 2.05) is 31.3 Å². The van der Waals surface area contributed by atoms with E-state index in [4.69, 9.17) is 9.47 Å². The van der Waals surface area contributed by atoms with Crippen molar-refractivity contribution in [3.8, 4) is 11.5 Å². The number of methoxy groups -OCH3 is 1. The molecule has 2 rings (SSSR count). The summed E-state index contributed by atoms with van der Waals surface area (Å²) in [5.74, 6) is 1.69. The van der Waals surface area contributed by atoms with Gasteiger partial charge in [0.05, 0.1) is 20.2 Å². The highest BCUT2D eigenvalue weighted by molar-refractivity contribution is 5.78. The van der Waals surface area contributed by atoms with Crippen molar-refractivity contribution in [2.75, 3.05) is 46.9 Å². The van der Waals surface area contributed by atoms with Gasteiger partial charge >= 0.3 is 0 Å². The molecule has 1 aromatic rings. The molecule has 21 heavy (non-hydrogen) atoms. The summed E-state index contributed by atoms with van der Waals surface area (Å²) >= 11 is 0. The van der Waals surface area contributed by atoms with Gasteiger partial charge in [0.2, 0.25) is 5.91 Å². The number of nitrogens with zero attached hydrogens (tertiary/aromatic N) is 2. The molecule has 116 valence electrons. The van der Waals surface area contributed by atoms with Gasteiger partial charge in [0, 0.05) is 13.1 Å². The quantitative estimate of drug-likeness (QED) is 0.766. The molecule has 0 aromatic heterocycles. The fraction of sp³-hybridized carbons (Fsp3) is 0.562. The third-order valence-electron chi connectivity index (χ3n) is 3.72. The first-order chi connectivity index (χ1) is 10.2. The van der Waals surface area contributed by atoms with Crippen molar-refractivity contribution in [3.05, 3.63) is 24.3 Å². The molecule has 1 fully saturated rings. The van der Waals surface area contributed by atoms with Crippen LogP contribution in [0.1, 0.15) is 12.8 Å². The second kappa shape index (κ2) is 7.88. The Labute approximate surface area is 126 Å². The molecule has 0 aliphatic carbocycles. The molecule has 0 unspecified atom stereocenters. The Morgan fingerprint density at radius 1 is 1.29 bits per heavy atom. The third-order valence-corrected chi connectivity index (χ3v) is 3.72. The van der Waals surface area contributed by atoms with Crippen LogP contribution >= 0.6 is 0 Å². The first kappa shape index (κ1) is 15.6. The van der Waals surface area contributed by atoms with Gasteiger partial charge in [-0.05, 0) is 38.1 Å². The Morgan fingerprint density at radius 3 is 2.71 bits per heavy atom. The molecular formula is C16H24N2O3. The summed E-state index contributed by atoms with van der Waals surface area (Å²) < 4.78 is 10.8. The van der Waals surface area contributed by atoms with Gasteiger partial charge in [0.15, 0.2) is 0 Å². The van der Waals surface area contributed by atoms with Crippen molar-refractivity contribution in [1.82, 2.24) is 9.80 Å². The lowest BCUT2D eigenvalue weighted by Crippen LogP contribution is -2.38. The molecule has 0 N–H and O–H groups in total. The molecule has 1 saturated heterocycles. The second-order valence-corrected chi connectivity index (χ2v) is 5.33. The minimum absolute atomic E-state index is 0.158. The maximum atomic E-state index is 12.1. The molecule has 5 heteroatoms. The predicted octanol–water partition coefficient (Wildman–Crippen LogP) is 1.63. The van der Waals surface area contributed by atoms with Crippen LogP contribution in [0.3, 0.4) is 0 Å². The number of hydrogen-bond acceptors (Lipinski definition) is 4. The van der Waals surface area contributed by atoms with E-state index in [0.717, 1.165) is 24.6 Å². The minimum atomic E-state index is 0.158. The van der Waals surface area contributed by atoms with Crippen molar-refractivity contribution in [1.29, 1.82) is 0 Å². The monoisotopic (exact) mass is 292 g/mol. The molecule has 1 aromatic carbocycles. The van der Waals surface area contributed by atoms with E-state index in [0.29, 0.717) is 19.7 Å². The molecular weight excluding hydrogens is 268 g/mol. The highest BCUT2D eigenvalue weighted by Crippen LogP contribution is 2.18. The maximum absolute atomic E-state index is 12.1. The van der Waals surface area contributed by atoms with E-state index in [1.165, 1.54) is 12.8 Å². The van der Waals surface area contributed by atoms with Crippen molar-refractivity contribution >= 4 is 5.91 Å². The predicted molar refractivity (Wildman–Crippen MR) is 81.8 cm³/mol. The standard InChI is InChI=1S/C16H24N2O3/c1-17(16(19)13-18-8-3-4-9-18)10-11-21-15-7-5-6-14(12-15)20-2/h5-7,12H,3-4,8-11,13H2,1-2H3. The lowest BCUT2D eigenvalue weighted by atomic mass is 10.3. The molecule has 1 aliphatic rings. The summed E-state index contributed by atoms with van der Waals surface area (Å²) in [4.78, 5) is 16.0. The van der Waals surface area contributed by atoms with Gasteiger partial charge in [-0.1, -0.05) is 6.07 Å². The molecule has 1 aliphatic heterocycles. The number of likely N-dealkylation sites (N-methyl/N-ethyl adjacent to an activating group) is 1. The summed E-state index contributed by atoms with van der Waals surface area (Å²) in [5, 5.41) is 0. The zero-order valence-corrected chi connectivity index (χ0v) is 12.9. The van der Waals surface area contributed by atoms with Crippen molar-refractivity contribution in [2.24, 2.45) is 0 Å². The van der Waals surface area contributed by atoms with Crippen LogP contribution < -0.4 is 9.47 Å². The number of rotatable bonds is 7. The molecule has 0 bridgehead atoms. The Kier molecular flexibility index (Phi) is 5.87. The van der Waals surface area contributed by atoms with Crippen molar-refractivity contribution in [2.45, 2.75) is 12.8 Å². The van der Waals surface area contributed by atoms with Gasteiger partial charge in [-0.3, -0.25) is 9.69 Å². The Morgan fingerprint density at radius 2 is 2.00 bits per heavy atom. The number of carbonyl (C=O) groups excluding carboxylic acids is 1. The van der Waals surface area contributed by atoms with Gasteiger partial charge < -0.3 is 14.4 Å². The van der Waals surface area contributed by atoms with Gasteiger partial charge in [0.25, 0.3) is 0 Å². The van der Waals surface area contributed by atoms with E-state index in [1.54, 1.807) is 12.0 Å².